The van der Waals surface area contributed by atoms with Gasteiger partial charge in [-0.2, -0.15) is 0 Å². The van der Waals surface area contributed by atoms with Crippen LogP contribution in [0.25, 0.3) is 0 Å². The third-order valence-corrected chi connectivity index (χ3v) is 1.69. The standard InChI is InChI=1S/C11H18O2/c1-4-6-7-8-9-13-11(12)10(3)5-2/h5,7-8H,4,6,9H2,1-3H3. The van der Waals surface area contributed by atoms with Gasteiger partial charge in [0, 0.05) is 5.57 Å². The molecule has 0 aromatic carbocycles. The monoisotopic (exact) mass is 182 g/mol. The van der Waals surface area contributed by atoms with Crippen LogP contribution in [0.1, 0.15) is 33.6 Å². The average Bonchev–Trinajstić information content (AvgIpc) is 2.16. The maximum atomic E-state index is 11.1. The van der Waals surface area contributed by atoms with Gasteiger partial charge in [-0.1, -0.05) is 31.6 Å². The third-order valence-electron chi connectivity index (χ3n) is 1.69. The Bertz CT molecular complexity index is 202. The molecule has 0 heterocycles. The lowest BCUT2D eigenvalue weighted by molar-refractivity contribution is -0.137. The summed E-state index contributed by atoms with van der Waals surface area (Å²) in [5.74, 6) is -0.233. The van der Waals surface area contributed by atoms with Crippen LogP contribution in [-0.2, 0) is 9.53 Å². The van der Waals surface area contributed by atoms with E-state index in [0.29, 0.717) is 12.2 Å². The highest BCUT2D eigenvalue weighted by molar-refractivity contribution is 5.87. The molecule has 0 aliphatic carbocycles. The largest absolute Gasteiger partial charge is 0.458 e. The number of carbonyl (C=O) groups excluding carboxylic acids is 1. The second kappa shape index (κ2) is 7.59. The topological polar surface area (TPSA) is 26.3 Å². The number of unbranched alkanes of at least 4 members (excludes halogenated alkanes) is 1. The Morgan fingerprint density at radius 2 is 2.08 bits per heavy atom. The molecule has 0 aliphatic heterocycles. The lowest BCUT2D eigenvalue weighted by Gasteiger charge is -2.00. The quantitative estimate of drug-likeness (QED) is 0.371. The molecular formula is C11H18O2. The van der Waals surface area contributed by atoms with Gasteiger partial charge >= 0.3 is 5.97 Å². The summed E-state index contributed by atoms with van der Waals surface area (Å²) in [4.78, 5) is 11.1. The maximum Gasteiger partial charge on any atom is 0.333 e. The highest BCUT2D eigenvalue weighted by atomic mass is 16.5. The minimum Gasteiger partial charge on any atom is -0.458 e. The summed E-state index contributed by atoms with van der Waals surface area (Å²) >= 11 is 0. The number of rotatable bonds is 5. The van der Waals surface area contributed by atoms with Crippen molar-refractivity contribution in [3.05, 3.63) is 23.8 Å². The minimum absolute atomic E-state index is 0.233. The van der Waals surface area contributed by atoms with Gasteiger partial charge in [0.25, 0.3) is 0 Å². The first-order chi connectivity index (χ1) is 6.22. The first-order valence-electron chi connectivity index (χ1n) is 4.67. The normalized spacial score (nSPS) is 12.1. The Morgan fingerprint density at radius 3 is 2.62 bits per heavy atom. The van der Waals surface area contributed by atoms with Gasteiger partial charge in [-0.25, -0.2) is 4.79 Å². The van der Waals surface area contributed by atoms with Crippen molar-refractivity contribution < 1.29 is 9.53 Å². The Kier molecular flexibility index (Phi) is 6.98. The first-order valence-corrected chi connectivity index (χ1v) is 4.67. The summed E-state index contributed by atoms with van der Waals surface area (Å²) in [6.45, 7) is 6.06. The second-order valence-corrected chi connectivity index (χ2v) is 2.83. The lowest BCUT2D eigenvalue weighted by atomic mass is 10.3. The lowest BCUT2D eigenvalue weighted by Crippen LogP contribution is -2.05. The molecule has 0 saturated carbocycles. The van der Waals surface area contributed by atoms with Gasteiger partial charge in [0.2, 0.25) is 0 Å². The molecule has 0 rings (SSSR count). The average molecular weight is 182 g/mol. The fraction of sp³-hybridized carbons (Fsp3) is 0.545. The van der Waals surface area contributed by atoms with Crippen molar-refractivity contribution in [2.45, 2.75) is 33.6 Å². The zero-order valence-corrected chi connectivity index (χ0v) is 8.67. The zero-order valence-electron chi connectivity index (χ0n) is 8.67. The molecule has 0 bridgehead atoms. The molecule has 13 heavy (non-hydrogen) atoms. The maximum absolute atomic E-state index is 11.1. The third kappa shape index (κ3) is 6.14. The molecule has 0 saturated heterocycles. The molecule has 0 fully saturated rings. The van der Waals surface area contributed by atoms with Gasteiger partial charge in [0.05, 0.1) is 0 Å². The van der Waals surface area contributed by atoms with Crippen LogP contribution in [0.15, 0.2) is 23.8 Å². The van der Waals surface area contributed by atoms with Crippen molar-refractivity contribution >= 4 is 5.97 Å². The molecule has 0 amide bonds. The summed E-state index contributed by atoms with van der Waals surface area (Å²) in [5.41, 5.74) is 0.656. The van der Waals surface area contributed by atoms with E-state index < -0.39 is 0 Å². The zero-order chi connectivity index (χ0) is 10.1. The van der Waals surface area contributed by atoms with Crippen LogP contribution >= 0.6 is 0 Å². The van der Waals surface area contributed by atoms with Crippen LogP contribution in [0.5, 0.6) is 0 Å². The molecule has 74 valence electrons. The molecule has 0 unspecified atom stereocenters. The molecular weight excluding hydrogens is 164 g/mol. The second-order valence-electron chi connectivity index (χ2n) is 2.83. The van der Waals surface area contributed by atoms with E-state index in [0.717, 1.165) is 12.8 Å². The highest BCUT2D eigenvalue weighted by Gasteiger charge is 2.01. The van der Waals surface area contributed by atoms with E-state index in [4.69, 9.17) is 4.74 Å². The predicted octanol–water partition coefficient (Wildman–Crippen LogP) is 2.85. The fourth-order valence-electron chi connectivity index (χ4n) is 0.708. The SMILES string of the molecule is CC=C(C)C(=O)OCC=CCCC. The van der Waals surface area contributed by atoms with Crippen molar-refractivity contribution in [1.29, 1.82) is 0 Å². The molecule has 0 aromatic heterocycles. The molecule has 2 nitrogen and oxygen atoms in total. The van der Waals surface area contributed by atoms with E-state index in [2.05, 4.69) is 6.92 Å². The Hall–Kier alpha value is -1.05. The van der Waals surface area contributed by atoms with Gasteiger partial charge in [0.1, 0.15) is 6.61 Å². The number of hydrogen-bond acceptors (Lipinski definition) is 2. The van der Waals surface area contributed by atoms with Crippen molar-refractivity contribution in [2.24, 2.45) is 0 Å². The smallest absolute Gasteiger partial charge is 0.333 e. The number of ether oxygens (including phenoxy) is 1. The molecule has 0 aromatic rings. The highest BCUT2D eigenvalue weighted by Crippen LogP contribution is 1.96. The van der Waals surface area contributed by atoms with E-state index in [1.165, 1.54) is 0 Å². The molecule has 0 radical (unpaired) electrons. The van der Waals surface area contributed by atoms with Crippen LogP contribution in [0.4, 0.5) is 0 Å². The summed E-state index contributed by atoms with van der Waals surface area (Å²) in [7, 11) is 0. The van der Waals surface area contributed by atoms with Crippen LogP contribution in [-0.4, -0.2) is 12.6 Å². The fourth-order valence-corrected chi connectivity index (χ4v) is 0.708. The summed E-state index contributed by atoms with van der Waals surface area (Å²) in [5, 5.41) is 0. The first kappa shape index (κ1) is 11.9. The van der Waals surface area contributed by atoms with E-state index in [1.54, 1.807) is 13.0 Å². The van der Waals surface area contributed by atoms with Crippen molar-refractivity contribution in [1.82, 2.24) is 0 Å². The summed E-state index contributed by atoms with van der Waals surface area (Å²) in [6, 6.07) is 0. The van der Waals surface area contributed by atoms with Gasteiger partial charge in [-0.15, -0.1) is 0 Å². The van der Waals surface area contributed by atoms with E-state index >= 15 is 0 Å². The van der Waals surface area contributed by atoms with Crippen molar-refractivity contribution in [3.63, 3.8) is 0 Å². The van der Waals surface area contributed by atoms with Gasteiger partial charge in [0.15, 0.2) is 0 Å². The summed E-state index contributed by atoms with van der Waals surface area (Å²) in [6.07, 6.45) is 7.82. The molecule has 0 N–H and O–H groups in total. The van der Waals surface area contributed by atoms with Gasteiger partial charge in [-0.05, 0) is 20.3 Å². The van der Waals surface area contributed by atoms with Crippen LogP contribution < -0.4 is 0 Å². The molecule has 0 atom stereocenters. The Balaban J connectivity index is 3.59. The summed E-state index contributed by atoms with van der Waals surface area (Å²) < 4.78 is 4.95. The molecule has 0 spiro atoms. The molecule has 2 heteroatoms. The number of esters is 1. The Labute approximate surface area is 80.3 Å². The van der Waals surface area contributed by atoms with Gasteiger partial charge < -0.3 is 4.74 Å². The van der Waals surface area contributed by atoms with E-state index in [9.17, 15) is 4.79 Å². The number of allylic oxidation sites excluding steroid dienone is 2. The minimum atomic E-state index is -0.233. The Morgan fingerprint density at radius 1 is 1.38 bits per heavy atom. The number of hydrogen-bond donors (Lipinski definition) is 0. The molecule has 0 aliphatic rings. The van der Waals surface area contributed by atoms with E-state index in [-0.39, 0.29) is 5.97 Å². The van der Waals surface area contributed by atoms with Crippen molar-refractivity contribution in [2.75, 3.05) is 6.61 Å². The van der Waals surface area contributed by atoms with Gasteiger partial charge in [-0.3, -0.25) is 0 Å². The van der Waals surface area contributed by atoms with Crippen LogP contribution in [0.2, 0.25) is 0 Å². The van der Waals surface area contributed by atoms with Crippen molar-refractivity contribution in [3.8, 4) is 0 Å². The number of carbonyl (C=O) groups is 1. The van der Waals surface area contributed by atoms with Crippen LogP contribution in [0, 0.1) is 0 Å². The predicted molar refractivity (Wildman–Crippen MR) is 54.4 cm³/mol. The van der Waals surface area contributed by atoms with E-state index in [1.807, 2.05) is 19.1 Å². The van der Waals surface area contributed by atoms with Crippen LogP contribution in [0.3, 0.4) is 0 Å².